The molecule has 1 heterocycles. The summed E-state index contributed by atoms with van der Waals surface area (Å²) in [6.07, 6.45) is -3.03. The summed E-state index contributed by atoms with van der Waals surface area (Å²) in [6, 6.07) is 2.41. The zero-order valence-electron chi connectivity index (χ0n) is 11.8. The van der Waals surface area contributed by atoms with Crippen LogP contribution in [0.5, 0.6) is 5.88 Å². The van der Waals surface area contributed by atoms with Crippen molar-refractivity contribution in [2.75, 3.05) is 11.9 Å². The summed E-state index contributed by atoms with van der Waals surface area (Å²) in [5.41, 5.74) is 6.14. The van der Waals surface area contributed by atoms with Crippen molar-refractivity contribution in [2.24, 2.45) is 11.7 Å². The van der Waals surface area contributed by atoms with Crippen LogP contribution in [0.3, 0.4) is 0 Å². The van der Waals surface area contributed by atoms with Gasteiger partial charge in [-0.1, -0.05) is 13.8 Å². The van der Waals surface area contributed by atoms with Crippen molar-refractivity contribution < 1.29 is 22.7 Å². The zero-order valence-corrected chi connectivity index (χ0v) is 11.8. The van der Waals surface area contributed by atoms with Crippen LogP contribution in [0.25, 0.3) is 0 Å². The summed E-state index contributed by atoms with van der Waals surface area (Å²) in [5, 5.41) is 2.57. The van der Waals surface area contributed by atoms with Gasteiger partial charge < -0.3 is 15.8 Å². The van der Waals surface area contributed by atoms with Gasteiger partial charge in [0.1, 0.15) is 0 Å². The lowest BCUT2D eigenvalue weighted by molar-refractivity contribution is -0.154. The van der Waals surface area contributed by atoms with Gasteiger partial charge >= 0.3 is 6.18 Å². The lowest BCUT2D eigenvalue weighted by Crippen LogP contribution is -2.31. The maximum absolute atomic E-state index is 12.0. The van der Waals surface area contributed by atoms with Crippen molar-refractivity contribution in [3.05, 3.63) is 18.3 Å². The monoisotopic (exact) mass is 305 g/mol. The fourth-order valence-electron chi connectivity index (χ4n) is 1.36. The summed E-state index contributed by atoms with van der Waals surface area (Å²) < 4.78 is 40.3. The minimum absolute atomic E-state index is 0.157. The number of halogens is 3. The molecular formula is C13H18F3N3O2. The Morgan fingerprint density at radius 2 is 2.10 bits per heavy atom. The van der Waals surface area contributed by atoms with E-state index in [1.54, 1.807) is 0 Å². The number of amides is 1. The van der Waals surface area contributed by atoms with E-state index in [0.717, 1.165) is 0 Å². The zero-order chi connectivity index (χ0) is 16.0. The topological polar surface area (TPSA) is 77.2 Å². The molecule has 0 aliphatic rings. The second-order valence-electron chi connectivity index (χ2n) is 4.95. The number of hydrogen-bond acceptors (Lipinski definition) is 4. The molecule has 21 heavy (non-hydrogen) atoms. The van der Waals surface area contributed by atoms with Crippen LogP contribution in [0.4, 0.5) is 18.9 Å². The van der Waals surface area contributed by atoms with E-state index in [1.165, 1.54) is 18.3 Å². The van der Waals surface area contributed by atoms with Crippen molar-refractivity contribution in [1.29, 1.82) is 0 Å². The molecule has 1 amide bonds. The Balaban J connectivity index is 2.49. The Hall–Kier alpha value is -1.83. The Bertz CT molecular complexity index is 461. The molecule has 118 valence electrons. The number of aromatic nitrogens is 1. The average molecular weight is 305 g/mol. The number of ether oxygens (including phenoxy) is 1. The number of nitrogens with two attached hydrogens (primary N) is 1. The Morgan fingerprint density at radius 3 is 2.57 bits per heavy atom. The molecule has 1 rings (SSSR count). The third-order valence-electron chi connectivity index (χ3n) is 2.68. The summed E-state index contributed by atoms with van der Waals surface area (Å²) >= 11 is 0. The van der Waals surface area contributed by atoms with E-state index >= 15 is 0 Å². The average Bonchev–Trinajstić information content (AvgIpc) is 2.36. The SMILES string of the molecule is CC(C)C(N)CC(=O)Nc1ccc(OCC(F)(F)F)nc1. The van der Waals surface area contributed by atoms with Crippen LogP contribution >= 0.6 is 0 Å². The third-order valence-corrected chi connectivity index (χ3v) is 2.68. The van der Waals surface area contributed by atoms with Crippen molar-refractivity contribution >= 4 is 11.6 Å². The molecule has 0 saturated heterocycles. The predicted molar refractivity (Wildman–Crippen MR) is 71.8 cm³/mol. The lowest BCUT2D eigenvalue weighted by atomic mass is 10.0. The molecule has 0 spiro atoms. The van der Waals surface area contributed by atoms with Gasteiger partial charge in [-0.15, -0.1) is 0 Å². The molecule has 0 saturated carbocycles. The first-order valence-corrected chi connectivity index (χ1v) is 6.38. The molecule has 1 atom stereocenters. The second kappa shape index (κ2) is 7.26. The molecular weight excluding hydrogens is 287 g/mol. The number of anilines is 1. The van der Waals surface area contributed by atoms with E-state index in [-0.39, 0.29) is 30.2 Å². The number of nitrogens with zero attached hydrogens (tertiary/aromatic N) is 1. The quantitative estimate of drug-likeness (QED) is 0.845. The largest absolute Gasteiger partial charge is 0.468 e. The molecule has 1 aromatic rings. The van der Waals surface area contributed by atoms with Crippen molar-refractivity contribution in [2.45, 2.75) is 32.5 Å². The van der Waals surface area contributed by atoms with E-state index in [4.69, 9.17) is 5.73 Å². The van der Waals surface area contributed by atoms with Gasteiger partial charge in [-0.25, -0.2) is 4.98 Å². The van der Waals surface area contributed by atoms with Gasteiger partial charge in [0.15, 0.2) is 6.61 Å². The molecule has 8 heteroatoms. The molecule has 0 aromatic carbocycles. The first kappa shape index (κ1) is 17.2. The van der Waals surface area contributed by atoms with Gasteiger partial charge in [-0.2, -0.15) is 13.2 Å². The standard InChI is InChI=1S/C13H18F3N3O2/c1-8(2)10(17)5-11(20)19-9-3-4-12(18-6-9)21-7-13(14,15)16/h3-4,6,8,10H,5,7,17H2,1-2H3,(H,19,20). The van der Waals surface area contributed by atoms with Crippen LogP contribution < -0.4 is 15.8 Å². The summed E-state index contributed by atoms with van der Waals surface area (Å²) in [7, 11) is 0. The molecule has 3 N–H and O–H groups in total. The highest BCUT2D eigenvalue weighted by Gasteiger charge is 2.28. The summed E-state index contributed by atoms with van der Waals surface area (Å²) in [5.74, 6) is -0.266. The minimum Gasteiger partial charge on any atom is -0.468 e. The molecule has 0 radical (unpaired) electrons. The molecule has 0 fully saturated rings. The third kappa shape index (κ3) is 6.94. The van der Waals surface area contributed by atoms with Crippen LogP contribution in [0.1, 0.15) is 20.3 Å². The molecule has 0 aliphatic heterocycles. The molecule has 1 aromatic heterocycles. The highest BCUT2D eigenvalue weighted by Crippen LogP contribution is 2.18. The first-order valence-electron chi connectivity index (χ1n) is 6.38. The van der Waals surface area contributed by atoms with Crippen LogP contribution in [0, 0.1) is 5.92 Å². The van der Waals surface area contributed by atoms with Crippen LogP contribution in [0.15, 0.2) is 18.3 Å². The van der Waals surface area contributed by atoms with Crippen molar-refractivity contribution in [3.63, 3.8) is 0 Å². The van der Waals surface area contributed by atoms with Crippen molar-refractivity contribution in [3.8, 4) is 5.88 Å². The Morgan fingerprint density at radius 1 is 1.43 bits per heavy atom. The molecule has 0 aliphatic carbocycles. The fraction of sp³-hybridized carbons (Fsp3) is 0.538. The number of nitrogens with one attached hydrogen (secondary N) is 1. The van der Waals surface area contributed by atoms with Crippen molar-refractivity contribution in [1.82, 2.24) is 4.98 Å². The van der Waals surface area contributed by atoms with E-state index in [0.29, 0.717) is 5.69 Å². The lowest BCUT2D eigenvalue weighted by Gasteiger charge is -2.15. The summed E-state index contributed by atoms with van der Waals surface area (Å²) in [6.45, 7) is 2.41. The number of pyridine rings is 1. The first-order chi connectivity index (χ1) is 9.67. The van der Waals surface area contributed by atoms with Crippen LogP contribution in [-0.4, -0.2) is 29.7 Å². The maximum atomic E-state index is 12.0. The number of carbonyl (C=O) groups is 1. The van der Waals surface area contributed by atoms with Gasteiger partial charge in [0.05, 0.1) is 11.9 Å². The van der Waals surface area contributed by atoms with E-state index in [2.05, 4.69) is 15.0 Å². The summed E-state index contributed by atoms with van der Waals surface area (Å²) in [4.78, 5) is 15.4. The highest BCUT2D eigenvalue weighted by atomic mass is 19.4. The second-order valence-corrected chi connectivity index (χ2v) is 4.95. The number of rotatable bonds is 6. The molecule has 0 bridgehead atoms. The fourth-order valence-corrected chi connectivity index (χ4v) is 1.36. The Kier molecular flexibility index (Phi) is 5.95. The predicted octanol–water partition coefficient (Wildman–Crippen LogP) is 2.33. The normalized spacial score (nSPS) is 13.1. The Labute approximate surface area is 120 Å². The number of hydrogen-bond donors (Lipinski definition) is 2. The smallest absolute Gasteiger partial charge is 0.422 e. The number of alkyl halides is 3. The van der Waals surface area contributed by atoms with Gasteiger partial charge in [0.25, 0.3) is 0 Å². The highest BCUT2D eigenvalue weighted by molar-refractivity contribution is 5.90. The van der Waals surface area contributed by atoms with Gasteiger partial charge in [0, 0.05) is 18.5 Å². The van der Waals surface area contributed by atoms with E-state index in [9.17, 15) is 18.0 Å². The maximum Gasteiger partial charge on any atom is 0.422 e. The van der Waals surface area contributed by atoms with E-state index < -0.39 is 12.8 Å². The minimum atomic E-state index is -4.42. The van der Waals surface area contributed by atoms with Crippen LogP contribution in [-0.2, 0) is 4.79 Å². The number of carbonyl (C=O) groups excluding carboxylic acids is 1. The molecule has 1 unspecified atom stereocenters. The van der Waals surface area contributed by atoms with Crippen LogP contribution in [0.2, 0.25) is 0 Å². The van der Waals surface area contributed by atoms with Gasteiger partial charge in [-0.3, -0.25) is 4.79 Å². The molecule has 5 nitrogen and oxygen atoms in total. The van der Waals surface area contributed by atoms with Gasteiger partial charge in [-0.05, 0) is 12.0 Å². The van der Waals surface area contributed by atoms with Gasteiger partial charge in [0.2, 0.25) is 11.8 Å². The van der Waals surface area contributed by atoms with E-state index in [1.807, 2.05) is 13.8 Å².